The molecule has 0 spiro atoms. The molecule has 0 aliphatic heterocycles. The Morgan fingerprint density at radius 1 is 1.32 bits per heavy atom. The fourth-order valence-corrected chi connectivity index (χ4v) is 3.16. The Morgan fingerprint density at radius 2 is 2.24 bits per heavy atom. The highest BCUT2D eigenvalue weighted by Crippen LogP contribution is 2.28. The van der Waals surface area contributed by atoms with Crippen LogP contribution in [0.2, 0.25) is 0 Å². The molecule has 9 heteroatoms. The lowest BCUT2D eigenvalue weighted by Crippen LogP contribution is -2.13. The number of hydrogen-bond acceptors (Lipinski definition) is 7. The first-order valence-corrected chi connectivity index (χ1v) is 8.17. The maximum atomic E-state index is 12.6. The Hall–Kier alpha value is -3.33. The SMILES string of the molecule is Cc1nc(-c2ccco2)sc1C(=O)Nc1cc(-n2cccn2)ncn1. The van der Waals surface area contributed by atoms with Gasteiger partial charge in [-0.25, -0.2) is 19.6 Å². The molecule has 0 saturated carbocycles. The third-order valence-corrected chi connectivity index (χ3v) is 4.54. The molecule has 0 aliphatic carbocycles. The summed E-state index contributed by atoms with van der Waals surface area (Å²) in [6.45, 7) is 1.78. The summed E-state index contributed by atoms with van der Waals surface area (Å²) in [6.07, 6.45) is 6.36. The molecule has 4 heterocycles. The predicted octanol–water partition coefficient (Wildman–Crippen LogP) is 2.94. The molecular weight excluding hydrogens is 340 g/mol. The lowest BCUT2D eigenvalue weighted by Gasteiger charge is -2.05. The number of thiazole rings is 1. The van der Waals surface area contributed by atoms with Crippen LogP contribution < -0.4 is 5.32 Å². The highest BCUT2D eigenvalue weighted by Gasteiger charge is 2.18. The van der Waals surface area contributed by atoms with Crippen molar-refractivity contribution in [2.75, 3.05) is 5.32 Å². The van der Waals surface area contributed by atoms with Crippen molar-refractivity contribution < 1.29 is 9.21 Å². The molecule has 0 aliphatic rings. The number of aromatic nitrogens is 5. The minimum atomic E-state index is -0.280. The van der Waals surface area contributed by atoms with E-state index in [9.17, 15) is 4.79 Å². The van der Waals surface area contributed by atoms with Crippen LogP contribution in [0.15, 0.2) is 53.7 Å². The van der Waals surface area contributed by atoms with E-state index in [4.69, 9.17) is 4.42 Å². The van der Waals surface area contributed by atoms with Crippen molar-refractivity contribution in [2.45, 2.75) is 6.92 Å². The largest absolute Gasteiger partial charge is 0.462 e. The molecule has 0 aromatic carbocycles. The lowest BCUT2D eigenvalue weighted by atomic mass is 10.3. The molecule has 25 heavy (non-hydrogen) atoms. The number of carbonyl (C=O) groups excluding carboxylic acids is 1. The molecule has 0 fully saturated rings. The number of anilines is 1. The molecule has 1 amide bonds. The van der Waals surface area contributed by atoms with Gasteiger partial charge in [0.15, 0.2) is 16.6 Å². The van der Waals surface area contributed by atoms with Gasteiger partial charge < -0.3 is 9.73 Å². The van der Waals surface area contributed by atoms with Gasteiger partial charge >= 0.3 is 0 Å². The Bertz CT molecular complexity index is 1010. The van der Waals surface area contributed by atoms with E-state index < -0.39 is 0 Å². The van der Waals surface area contributed by atoms with E-state index in [0.717, 1.165) is 0 Å². The maximum absolute atomic E-state index is 12.6. The molecule has 4 aromatic rings. The van der Waals surface area contributed by atoms with Gasteiger partial charge in [-0.05, 0) is 25.1 Å². The van der Waals surface area contributed by atoms with Gasteiger partial charge in [-0.1, -0.05) is 0 Å². The Kier molecular flexibility index (Phi) is 3.82. The number of rotatable bonds is 4. The van der Waals surface area contributed by atoms with Crippen LogP contribution in [-0.4, -0.2) is 30.6 Å². The number of hydrogen-bond donors (Lipinski definition) is 1. The second-order valence-electron chi connectivity index (χ2n) is 5.08. The molecule has 0 bridgehead atoms. The van der Waals surface area contributed by atoms with Crippen LogP contribution >= 0.6 is 11.3 Å². The van der Waals surface area contributed by atoms with E-state index in [1.807, 2.05) is 0 Å². The van der Waals surface area contributed by atoms with E-state index >= 15 is 0 Å². The predicted molar refractivity (Wildman–Crippen MR) is 91.7 cm³/mol. The second kappa shape index (κ2) is 6.29. The summed E-state index contributed by atoms with van der Waals surface area (Å²) in [5.74, 6) is 1.30. The number of furan rings is 1. The summed E-state index contributed by atoms with van der Waals surface area (Å²) in [6, 6.07) is 7.02. The quantitative estimate of drug-likeness (QED) is 0.606. The number of carbonyl (C=O) groups is 1. The second-order valence-corrected chi connectivity index (χ2v) is 6.08. The van der Waals surface area contributed by atoms with Crippen molar-refractivity contribution in [3.8, 4) is 16.6 Å². The van der Waals surface area contributed by atoms with E-state index in [-0.39, 0.29) is 5.91 Å². The normalized spacial score (nSPS) is 10.8. The molecule has 1 N–H and O–H groups in total. The number of nitrogens with zero attached hydrogens (tertiary/aromatic N) is 5. The zero-order valence-corrected chi connectivity index (χ0v) is 13.9. The minimum absolute atomic E-state index is 0.280. The van der Waals surface area contributed by atoms with Crippen molar-refractivity contribution in [1.82, 2.24) is 24.7 Å². The maximum Gasteiger partial charge on any atom is 0.268 e. The van der Waals surface area contributed by atoms with E-state index in [2.05, 4.69) is 25.4 Å². The van der Waals surface area contributed by atoms with Crippen molar-refractivity contribution in [1.29, 1.82) is 0 Å². The van der Waals surface area contributed by atoms with Crippen LogP contribution in [0.1, 0.15) is 15.4 Å². The van der Waals surface area contributed by atoms with Crippen LogP contribution in [0.5, 0.6) is 0 Å². The van der Waals surface area contributed by atoms with Crippen molar-refractivity contribution >= 4 is 23.1 Å². The van der Waals surface area contributed by atoms with Crippen LogP contribution in [0.4, 0.5) is 5.82 Å². The van der Waals surface area contributed by atoms with Crippen LogP contribution in [0, 0.1) is 6.92 Å². The van der Waals surface area contributed by atoms with Gasteiger partial charge in [-0.3, -0.25) is 4.79 Å². The molecule has 0 unspecified atom stereocenters. The first-order chi connectivity index (χ1) is 12.2. The zero-order valence-electron chi connectivity index (χ0n) is 13.1. The Morgan fingerprint density at radius 3 is 3.00 bits per heavy atom. The van der Waals surface area contributed by atoms with Crippen molar-refractivity contribution in [3.63, 3.8) is 0 Å². The summed E-state index contributed by atoms with van der Waals surface area (Å²) in [5, 5.41) is 7.53. The van der Waals surface area contributed by atoms with E-state index in [1.165, 1.54) is 17.7 Å². The summed E-state index contributed by atoms with van der Waals surface area (Å²) in [7, 11) is 0. The van der Waals surface area contributed by atoms with Gasteiger partial charge in [0, 0.05) is 18.5 Å². The minimum Gasteiger partial charge on any atom is -0.462 e. The van der Waals surface area contributed by atoms with Gasteiger partial charge in [0.2, 0.25) is 0 Å². The van der Waals surface area contributed by atoms with Crippen molar-refractivity contribution in [3.05, 3.63) is 59.8 Å². The van der Waals surface area contributed by atoms with Gasteiger partial charge in [0.05, 0.1) is 12.0 Å². The average Bonchev–Trinajstić information content (AvgIpc) is 3.36. The van der Waals surface area contributed by atoms with Crippen LogP contribution in [0.3, 0.4) is 0 Å². The zero-order chi connectivity index (χ0) is 17.2. The smallest absolute Gasteiger partial charge is 0.268 e. The molecule has 0 saturated heterocycles. The monoisotopic (exact) mass is 352 g/mol. The first-order valence-electron chi connectivity index (χ1n) is 7.35. The highest BCUT2D eigenvalue weighted by atomic mass is 32.1. The third kappa shape index (κ3) is 3.04. The molecule has 4 rings (SSSR count). The van der Waals surface area contributed by atoms with Gasteiger partial charge in [0.25, 0.3) is 5.91 Å². The molecule has 4 aromatic heterocycles. The Labute approximate surface area is 146 Å². The lowest BCUT2D eigenvalue weighted by molar-refractivity contribution is 0.102. The summed E-state index contributed by atoms with van der Waals surface area (Å²) < 4.78 is 6.92. The average molecular weight is 352 g/mol. The fraction of sp³-hybridized carbons (Fsp3) is 0.0625. The molecule has 0 atom stereocenters. The molecule has 8 nitrogen and oxygen atoms in total. The van der Waals surface area contributed by atoms with E-state index in [0.29, 0.717) is 33.0 Å². The van der Waals surface area contributed by atoms with Crippen molar-refractivity contribution in [2.24, 2.45) is 0 Å². The summed E-state index contributed by atoms with van der Waals surface area (Å²) >= 11 is 1.27. The third-order valence-electron chi connectivity index (χ3n) is 3.37. The Balaban J connectivity index is 1.58. The van der Waals surface area contributed by atoms with Gasteiger partial charge in [-0.15, -0.1) is 11.3 Å². The fourth-order valence-electron chi connectivity index (χ4n) is 2.23. The summed E-state index contributed by atoms with van der Waals surface area (Å²) in [5.41, 5.74) is 0.634. The van der Waals surface area contributed by atoms with Crippen LogP contribution in [0.25, 0.3) is 16.6 Å². The van der Waals surface area contributed by atoms with Crippen LogP contribution in [-0.2, 0) is 0 Å². The van der Waals surface area contributed by atoms with Gasteiger partial charge in [0.1, 0.15) is 17.0 Å². The molecular formula is C16H12N6O2S. The number of nitrogens with one attached hydrogen (secondary N) is 1. The van der Waals surface area contributed by atoms with E-state index in [1.54, 1.807) is 54.5 Å². The standard InChI is InChI=1S/C16H12N6O2S/c1-10-14(25-16(20-10)11-4-2-7-24-11)15(23)21-12-8-13(18-9-17-12)22-6-3-5-19-22/h2-9H,1H3,(H,17,18,21,23). The summed E-state index contributed by atoms with van der Waals surface area (Å²) in [4.78, 5) is 25.7. The topological polar surface area (TPSA) is 98.7 Å². The molecule has 0 radical (unpaired) electrons. The number of amides is 1. The van der Waals surface area contributed by atoms with Gasteiger partial charge in [-0.2, -0.15) is 5.10 Å². The first kappa shape index (κ1) is 15.2. The molecule has 124 valence electrons. The number of aryl methyl sites for hydroxylation is 1. The highest BCUT2D eigenvalue weighted by molar-refractivity contribution is 7.17.